The van der Waals surface area contributed by atoms with E-state index in [9.17, 15) is 22.8 Å². The van der Waals surface area contributed by atoms with Gasteiger partial charge < -0.3 is 14.8 Å². The summed E-state index contributed by atoms with van der Waals surface area (Å²) in [5, 5.41) is 3.11. The molecule has 0 heterocycles. The second-order valence-electron chi connectivity index (χ2n) is 6.72. The van der Waals surface area contributed by atoms with E-state index in [2.05, 4.69) is 10.1 Å². The Labute approximate surface area is 186 Å². The molecule has 3 aromatic carbocycles. The summed E-state index contributed by atoms with van der Waals surface area (Å²) in [4.78, 5) is 25.5. The molecule has 9 heteroatoms. The average molecular weight is 464 g/mol. The summed E-state index contributed by atoms with van der Waals surface area (Å²) < 4.78 is 46.1. The monoisotopic (exact) mass is 463 g/mol. The fraction of sp³-hybridized carbons (Fsp3) is 0.130. The Bertz CT molecular complexity index is 1100. The summed E-state index contributed by atoms with van der Waals surface area (Å²) >= 11 is 6.09. The van der Waals surface area contributed by atoms with Gasteiger partial charge in [-0.2, -0.15) is 0 Å². The number of halogens is 4. The summed E-state index contributed by atoms with van der Waals surface area (Å²) in [6.07, 6.45) is -6.16. The van der Waals surface area contributed by atoms with E-state index in [0.29, 0.717) is 16.3 Å². The van der Waals surface area contributed by atoms with Crippen molar-refractivity contribution in [1.29, 1.82) is 0 Å². The highest BCUT2D eigenvalue weighted by molar-refractivity contribution is 6.31. The highest BCUT2D eigenvalue weighted by atomic mass is 35.5. The molecule has 0 unspecified atom stereocenters. The number of alkyl halides is 3. The van der Waals surface area contributed by atoms with Crippen molar-refractivity contribution in [3.63, 3.8) is 0 Å². The number of amides is 1. The van der Waals surface area contributed by atoms with Crippen molar-refractivity contribution in [2.45, 2.75) is 19.4 Å². The quantitative estimate of drug-likeness (QED) is 0.450. The second kappa shape index (κ2) is 9.74. The Balaban J connectivity index is 1.79. The molecule has 166 valence electrons. The highest BCUT2D eigenvalue weighted by Crippen LogP contribution is 2.26. The van der Waals surface area contributed by atoms with Crippen LogP contribution in [-0.4, -0.2) is 18.2 Å². The van der Waals surface area contributed by atoms with Crippen LogP contribution in [0.4, 0.5) is 18.9 Å². The van der Waals surface area contributed by atoms with E-state index in [1.807, 2.05) is 6.92 Å². The van der Waals surface area contributed by atoms with Gasteiger partial charge in [0.15, 0.2) is 0 Å². The Morgan fingerprint density at radius 2 is 1.62 bits per heavy atom. The molecule has 1 amide bonds. The van der Waals surface area contributed by atoms with Crippen LogP contribution in [0.5, 0.6) is 5.75 Å². The van der Waals surface area contributed by atoms with Crippen molar-refractivity contribution >= 4 is 29.2 Å². The maximum absolute atomic E-state index is 12.9. The van der Waals surface area contributed by atoms with Crippen molar-refractivity contribution in [1.82, 2.24) is 0 Å². The Morgan fingerprint density at radius 3 is 2.22 bits per heavy atom. The lowest BCUT2D eigenvalue weighted by Crippen LogP contribution is -2.26. The Kier molecular flexibility index (Phi) is 7.05. The van der Waals surface area contributed by atoms with E-state index >= 15 is 0 Å². The molecule has 3 rings (SSSR count). The maximum Gasteiger partial charge on any atom is 0.573 e. The molecule has 32 heavy (non-hydrogen) atoms. The van der Waals surface area contributed by atoms with Gasteiger partial charge in [0.2, 0.25) is 6.10 Å². The van der Waals surface area contributed by atoms with Gasteiger partial charge in [0.05, 0.1) is 5.56 Å². The minimum absolute atomic E-state index is 0.0494. The van der Waals surface area contributed by atoms with Crippen LogP contribution in [0.25, 0.3) is 0 Å². The van der Waals surface area contributed by atoms with Gasteiger partial charge in [-0.05, 0) is 48.9 Å². The number of hydrogen-bond acceptors (Lipinski definition) is 4. The number of ether oxygens (including phenoxy) is 2. The van der Waals surface area contributed by atoms with Crippen molar-refractivity contribution < 1.29 is 32.2 Å². The largest absolute Gasteiger partial charge is 0.573 e. The zero-order valence-electron chi connectivity index (χ0n) is 16.7. The van der Waals surface area contributed by atoms with Gasteiger partial charge in [0.25, 0.3) is 5.91 Å². The van der Waals surface area contributed by atoms with Crippen molar-refractivity contribution in [2.24, 2.45) is 0 Å². The molecule has 0 aromatic heterocycles. The van der Waals surface area contributed by atoms with Crippen LogP contribution in [0.15, 0.2) is 72.8 Å². The maximum atomic E-state index is 12.9. The first-order valence-electron chi connectivity index (χ1n) is 9.31. The number of aryl methyl sites for hydroxylation is 1. The molecule has 1 N–H and O–H groups in total. The molecular weight excluding hydrogens is 447 g/mol. The first-order chi connectivity index (χ1) is 15.1. The number of esters is 1. The van der Waals surface area contributed by atoms with Gasteiger partial charge in [-0.1, -0.05) is 48.0 Å². The molecule has 3 aromatic rings. The zero-order valence-corrected chi connectivity index (χ0v) is 17.4. The van der Waals surface area contributed by atoms with Crippen molar-refractivity contribution in [3.05, 3.63) is 94.5 Å². The summed E-state index contributed by atoms with van der Waals surface area (Å²) in [5.74, 6) is -2.00. The van der Waals surface area contributed by atoms with E-state index in [4.69, 9.17) is 16.3 Å². The number of carbonyl (C=O) groups excluding carboxylic acids is 2. The lowest BCUT2D eigenvalue weighted by atomic mass is 10.1. The number of benzene rings is 3. The highest BCUT2D eigenvalue weighted by Gasteiger charge is 2.31. The van der Waals surface area contributed by atoms with Crippen LogP contribution in [-0.2, 0) is 9.53 Å². The number of anilines is 1. The number of carbonyl (C=O) groups is 2. The SMILES string of the molecule is Cc1ccc(NC(=O)[C@@H](OC(=O)c2ccc(OC(F)(F)F)cc2)c2ccccc2)cc1Cl. The molecule has 0 bridgehead atoms. The van der Waals surface area contributed by atoms with Crippen LogP contribution in [0.3, 0.4) is 0 Å². The van der Waals surface area contributed by atoms with Gasteiger partial charge in [-0.15, -0.1) is 13.2 Å². The summed E-state index contributed by atoms with van der Waals surface area (Å²) in [6, 6.07) is 17.5. The molecule has 0 saturated carbocycles. The second-order valence-corrected chi connectivity index (χ2v) is 7.13. The summed E-state index contributed by atoms with van der Waals surface area (Å²) in [6.45, 7) is 1.81. The number of hydrogen-bond donors (Lipinski definition) is 1. The molecule has 5 nitrogen and oxygen atoms in total. The minimum Gasteiger partial charge on any atom is -0.444 e. The van der Waals surface area contributed by atoms with Crippen LogP contribution in [0, 0.1) is 6.92 Å². The predicted molar refractivity (Wildman–Crippen MR) is 113 cm³/mol. The fourth-order valence-electron chi connectivity index (χ4n) is 2.75. The van der Waals surface area contributed by atoms with Crippen molar-refractivity contribution in [3.8, 4) is 5.75 Å². The molecule has 0 aliphatic heterocycles. The van der Waals surface area contributed by atoms with E-state index in [1.54, 1.807) is 48.5 Å². The van der Waals surface area contributed by atoms with Crippen LogP contribution in [0.1, 0.15) is 27.6 Å². The third-order valence-corrected chi connectivity index (χ3v) is 4.74. The first kappa shape index (κ1) is 23.1. The molecular formula is C23H17ClF3NO4. The Hall–Kier alpha value is -3.52. The van der Waals surface area contributed by atoms with Crippen LogP contribution < -0.4 is 10.1 Å². The normalized spacial score (nSPS) is 12.0. The number of nitrogens with one attached hydrogen (secondary N) is 1. The molecule has 0 aliphatic rings. The van der Waals surface area contributed by atoms with Gasteiger partial charge in [-0.3, -0.25) is 4.79 Å². The fourth-order valence-corrected chi connectivity index (χ4v) is 2.93. The lowest BCUT2D eigenvalue weighted by molar-refractivity contribution is -0.274. The van der Waals surface area contributed by atoms with Gasteiger partial charge >= 0.3 is 12.3 Å². The van der Waals surface area contributed by atoms with Crippen LogP contribution >= 0.6 is 11.6 Å². The van der Waals surface area contributed by atoms with Gasteiger partial charge in [0.1, 0.15) is 5.75 Å². The van der Waals surface area contributed by atoms with E-state index in [-0.39, 0.29) is 5.56 Å². The molecule has 0 saturated heterocycles. The standard InChI is InChI=1S/C23H17ClF3NO4/c1-14-7-10-17(13-19(14)24)28-21(29)20(15-5-3-2-4-6-15)31-22(30)16-8-11-18(12-9-16)32-23(25,26)27/h2-13,20H,1H3,(H,28,29)/t20-/m0/s1. The molecule has 0 fully saturated rings. The van der Waals surface area contributed by atoms with E-state index < -0.39 is 30.1 Å². The molecule has 0 radical (unpaired) electrons. The Morgan fingerprint density at radius 1 is 0.969 bits per heavy atom. The van der Waals surface area contributed by atoms with E-state index in [1.165, 1.54) is 0 Å². The van der Waals surface area contributed by atoms with Gasteiger partial charge in [-0.25, -0.2) is 4.79 Å². The lowest BCUT2D eigenvalue weighted by Gasteiger charge is -2.18. The predicted octanol–water partition coefficient (Wildman–Crippen LogP) is 6.08. The third-order valence-electron chi connectivity index (χ3n) is 4.33. The van der Waals surface area contributed by atoms with E-state index in [0.717, 1.165) is 29.8 Å². The number of rotatable bonds is 6. The van der Waals surface area contributed by atoms with Crippen LogP contribution in [0.2, 0.25) is 5.02 Å². The molecule has 1 atom stereocenters. The van der Waals surface area contributed by atoms with Gasteiger partial charge in [0, 0.05) is 16.3 Å². The first-order valence-corrected chi connectivity index (χ1v) is 9.69. The zero-order chi connectivity index (χ0) is 23.3. The minimum atomic E-state index is -4.85. The molecule has 0 spiro atoms. The summed E-state index contributed by atoms with van der Waals surface area (Å²) in [7, 11) is 0. The molecule has 0 aliphatic carbocycles. The average Bonchev–Trinajstić information content (AvgIpc) is 2.74. The smallest absolute Gasteiger partial charge is 0.444 e. The topological polar surface area (TPSA) is 64.6 Å². The third kappa shape index (κ3) is 6.24. The summed E-state index contributed by atoms with van der Waals surface area (Å²) in [5.41, 5.74) is 1.60. The van der Waals surface area contributed by atoms with Crippen molar-refractivity contribution in [2.75, 3.05) is 5.32 Å².